The number of carboxylic acids is 1. The maximum absolute atomic E-state index is 13.4. The molecule has 1 fully saturated rings. The first-order chi connectivity index (χ1) is 9.58. The van der Waals surface area contributed by atoms with Gasteiger partial charge in [0.1, 0.15) is 5.82 Å². The van der Waals surface area contributed by atoms with Crippen molar-refractivity contribution in [1.29, 1.82) is 0 Å². The molecule has 1 aromatic rings. The molecule has 0 spiro atoms. The number of thioether (sulfide) groups is 1. The number of benzene rings is 1. The summed E-state index contributed by atoms with van der Waals surface area (Å²) in [5.41, 5.74) is 0. The second-order valence-corrected chi connectivity index (χ2v) is 5.73. The van der Waals surface area contributed by atoms with Crippen LogP contribution in [0, 0.1) is 11.7 Å². The zero-order valence-corrected chi connectivity index (χ0v) is 11.7. The Bertz CT molecular complexity index is 501. The van der Waals surface area contributed by atoms with Gasteiger partial charge >= 0.3 is 5.97 Å². The number of likely N-dealkylation sites (tertiary alicyclic amines) is 1. The normalized spacial score (nSPS) is 16.1. The summed E-state index contributed by atoms with van der Waals surface area (Å²) >= 11 is 1.17. The molecule has 0 radical (unpaired) electrons. The third kappa shape index (κ3) is 3.72. The molecule has 1 N–H and O–H groups in total. The Balaban J connectivity index is 1.82. The van der Waals surface area contributed by atoms with Crippen LogP contribution in [0.2, 0.25) is 0 Å². The summed E-state index contributed by atoms with van der Waals surface area (Å²) in [6.45, 7) is 0.932. The number of hydrogen-bond acceptors (Lipinski definition) is 3. The molecule has 6 heteroatoms. The summed E-state index contributed by atoms with van der Waals surface area (Å²) in [7, 11) is 0. The molecule has 20 heavy (non-hydrogen) atoms. The van der Waals surface area contributed by atoms with Crippen molar-refractivity contribution in [3.05, 3.63) is 30.1 Å². The van der Waals surface area contributed by atoms with Crippen LogP contribution < -0.4 is 0 Å². The first-order valence-corrected chi connectivity index (χ1v) is 7.44. The fourth-order valence-corrected chi connectivity index (χ4v) is 3.01. The van der Waals surface area contributed by atoms with Crippen LogP contribution in [0.25, 0.3) is 0 Å². The summed E-state index contributed by atoms with van der Waals surface area (Å²) < 4.78 is 13.4. The largest absolute Gasteiger partial charge is 0.481 e. The molecule has 108 valence electrons. The van der Waals surface area contributed by atoms with Gasteiger partial charge in [0.25, 0.3) is 0 Å². The van der Waals surface area contributed by atoms with Gasteiger partial charge in [0.2, 0.25) is 5.91 Å². The minimum absolute atomic E-state index is 0.0675. The van der Waals surface area contributed by atoms with Crippen molar-refractivity contribution < 1.29 is 19.1 Å². The van der Waals surface area contributed by atoms with Gasteiger partial charge in [-0.3, -0.25) is 9.59 Å². The van der Waals surface area contributed by atoms with Crippen LogP contribution in [0.15, 0.2) is 29.2 Å². The first-order valence-electron chi connectivity index (χ1n) is 6.46. The fourth-order valence-electron chi connectivity index (χ4n) is 2.17. The Kier molecular flexibility index (Phi) is 5.00. The van der Waals surface area contributed by atoms with Crippen molar-refractivity contribution in [2.45, 2.75) is 17.7 Å². The average Bonchev–Trinajstić information content (AvgIpc) is 2.46. The maximum Gasteiger partial charge on any atom is 0.306 e. The number of aliphatic carboxylic acids is 1. The van der Waals surface area contributed by atoms with Gasteiger partial charge in [0.05, 0.1) is 11.7 Å². The van der Waals surface area contributed by atoms with Crippen LogP contribution in [0.4, 0.5) is 4.39 Å². The van der Waals surface area contributed by atoms with E-state index in [4.69, 9.17) is 5.11 Å². The highest BCUT2D eigenvalue weighted by molar-refractivity contribution is 8.00. The molecule has 0 unspecified atom stereocenters. The molecule has 4 nitrogen and oxygen atoms in total. The molecule has 1 saturated heterocycles. The topological polar surface area (TPSA) is 57.6 Å². The van der Waals surface area contributed by atoms with Crippen LogP contribution in [0.1, 0.15) is 12.8 Å². The molecule has 1 aliphatic heterocycles. The Morgan fingerprint density at radius 3 is 2.55 bits per heavy atom. The van der Waals surface area contributed by atoms with E-state index >= 15 is 0 Å². The Labute approximate surface area is 121 Å². The van der Waals surface area contributed by atoms with E-state index in [0.717, 1.165) is 0 Å². The summed E-state index contributed by atoms with van der Waals surface area (Å²) in [5.74, 6) is -1.35. The molecular formula is C14H16FNO3S. The van der Waals surface area contributed by atoms with Crippen molar-refractivity contribution in [2.75, 3.05) is 18.8 Å². The van der Waals surface area contributed by atoms with E-state index < -0.39 is 5.97 Å². The van der Waals surface area contributed by atoms with Crippen LogP contribution in [0.5, 0.6) is 0 Å². The lowest BCUT2D eigenvalue weighted by molar-refractivity contribution is -0.145. The quantitative estimate of drug-likeness (QED) is 0.866. The number of carboxylic acid groups (broad SMARTS) is 1. The monoisotopic (exact) mass is 297 g/mol. The van der Waals surface area contributed by atoms with E-state index in [1.54, 1.807) is 23.1 Å². The van der Waals surface area contributed by atoms with Crippen molar-refractivity contribution in [3.8, 4) is 0 Å². The van der Waals surface area contributed by atoms with E-state index in [2.05, 4.69) is 0 Å². The highest BCUT2D eigenvalue weighted by atomic mass is 32.2. The number of nitrogens with zero attached hydrogens (tertiary/aromatic N) is 1. The molecule has 1 aliphatic rings. The van der Waals surface area contributed by atoms with E-state index in [0.29, 0.717) is 30.8 Å². The lowest BCUT2D eigenvalue weighted by Crippen LogP contribution is -2.41. The second-order valence-electron chi connectivity index (χ2n) is 4.71. The Hall–Kier alpha value is -1.56. The number of carbonyl (C=O) groups is 2. The second kappa shape index (κ2) is 6.74. The van der Waals surface area contributed by atoms with Gasteiger partial charge in [0.15, 0.2) is 0 Å². The number of carbonyl (C=O) groups excluding carboxylic acids is 1. The molecule has 1 heterocycles. The van der Waals surface area contributed by atoms with Crippen molar-refractivity contribution in [1.82, 2.24) is 4.90 Å². The van der Waals surface area contributed by atoms with Crippen molar-refractivity contribution >= 4 is 23.6 Å². The zero-order chi connectivity index (χ0) is 14.5. The predicted octanol–water partition coefficient (Wildman–Crippen LogP) is 2.24. The molecule has 0 aliphatic carbocycles. The number of amides is 1. The summed E-state index contributed by atoms with van der Waals surface area (Å²) in [6, 6.07) is 6.35. The Morgan fingerprint density at radius 1 is 1.30 bits per heavy atom. The van der Waals surface area contributed by atoms with E-state index in [-0.39, 0.29) is 23.4 Å². The maximum atomic E-state index is 13.4. The average molecular weight is 297 g/mol. The van der Waals surface area contributed by atoms with Crippen LogP contribution in [0.3, 0.4) is 0 Å². The zero-order valence-electron chi connectivity index (χ0n) is 10.9. The van der Waals surface area contributed by atoms with Crippen molar-refractivity contribution in [3.63, 3.8) is 0 Å². The van der Waals surface area contributed by atoms with Crippen LogP contribution >= 0.6 is 11.8 Å². The fraction of sp³-hybridized carbons (Fsp3) is 0.429. The third-order valence-corrected chi connectivity index (χ3v) is 4.42. The van der Waals surface area contributed by atoms with Gasteiger partial charge in [-0.05, 0) is 25.0 Å². The Morgan fingerprint density at radius 2 is 1.95 bits per heavy atom. The van der Waals surface area contributed by atoms with Gasteiger partial charge in [-0.1, -0.05) is 12.1 Å². The third-order valence-electron chi connectivity index (χ3n) is 3.38. The van der Waals surface area contributed by atoms with Crippen LogP contribution in [-0.2, 0) is 9.59 Å². The summed E-state index contributed by atoms with van der Waals surface area (Å²) in [5, 5.41) is 8.90. The van der Waals surface area contributed by atoms with E-state index in [1.807, 2.05) is 0 Å². The van der Waals surface area contributed by atoms with Gasteiger partial charge in [0, 0.05) is 18.0 Å². The highest BCUT2D eigenvalue weighted by Crippen LogP contribution is 2.23. The van der Waals surface area contributed by atoms with Crippen LogP contribution in [-0.4, -0.2) is 40.7 Å². The molecule has 1 aromatic carbocycles. The minimum Gasteiger partial charge on any atom is -0.481 e. The van der Waals surface area contributed by atoms with Crippen molar-refractivity contribution in [2.24, 2.45) is 5.92 Å². The predicted molar refractivity (Wildman–Crippen MR) is 74.1 cm³/mol. The first kappa shape index (κ1) is 14.8. The van der Waals surface area contributed by atoms with Gasteiger partial charge < -0.3 is 10.0 Å². The van der Waals surface area contributed by atoms with E-state index in [9.17, 15) is 14.0 Å². The SMILES string of the molecule is O=C(O)C1CCN(C(=O)CSc2ccccc2F)CC1. The number of rotatable bonds is 4. The summed E-state index contributed by atoms with van der Waals surface area (Å²) in [4.78, 5) is 24.9. The molecular weight excluding hydrogens is 281 g/mol. The molecule has 0 saturated carbocycles. The smallest absolute Gasteiger partial charge is 0.306 e. The number of piperidine rings is 1. The minimum atomic E-state index is -0.794. The van der Waals surface area contributed by atoms with Gasteiger partial charge in [-0.2, -0.15) is 0 Å². The van der Waals surface area contributed by atoms with Gasteiger partial charge in [-0.15, -0.1) is 11.8 Å². The number of hydrogen-bond donors (Lipinski definition) is 1. The molecule has 0 aromatic heterocycles. The lowest BCUT2D eigenvalue weighted by Gasteiger charge is -2.30. The summed E-state index contributed by atoms with van der Waals surface area (Å²) in [6.07, 6.45) is 0.983. The molecule has 0 atom stereocenters. The lowest BCUT2D eigenvalue weighted by atomic mass is 9.97. The molecule has 2 rings (SSSR count). The molecule has 1 amide bonds. The van der Waals surface area contributed by atoms with E-state index in [1.165, 1.54) is 17.8 Å². The highest BCUT2D eigenvalue weighted by Gasteiger charge is 2.26. The number of halogens is 1. The molecule has 0 bridgehead atoms. The van der Waals surface area contributed by atoms with Gasteiger partial charge in [-0.25, -0.2) is 4.39 Å². The standard InChI is InChI=1S/C14H16FNO3S/c15-11-3-1-2-4-12(11)20-9-13(17)16-7-5-10(6-8-16)14(18)19/h1-4,10H,5-9H2,(H,18,19).